The predicted octanol–water partition coefficient (Wildman–Crippen LogP) is 2.23. The summed E-state index contributed by atoms with van der Waals surface area (Å²) in [5.74, 6) is 0.476. The van der Waals surface area contributed by atoms with Crippen molar-refractivity contribution in [2.75, 3.05) is 28.1 Å². The normalized spacial score (nSPS) is 9.88. The van der Waals surface area contributed by atoms with Gasteiger partial charge in [0.1, 0.15) is 16.0 Å². The Labute approximate surface area is 108 Å². The number of hydrogen-bond acceptors (Lipinski definition) is 5. The molecule has 0 aliphatic rings. The highest BCUT2D eigenvalue weighted by molar-refractivity contribution is 9.10. The van der Waals surface area contributed by atoms with E-state index >= 15 is 0 Å². The van der Waals surface area contributed by atoms with Gasteiger partial charge in [-0.1, -0.05) is 0 Å². The number of halogens is 1. The lowest BCUT2D eigenvalue weighted by molar-refractivity contribution is 0.0496. The Hall–Kier alpha value is -1.27. The number of carbonyl (C=O) groups is 1. The number of carbonyl (C=O) groups excluding carboxylic acids is 1. The van der Waals surface area contributed by atoms with Crippen LogP contribution in [0.25, 0.3) is 0 Å². The molecule has 0 saturated carbocycles. The Bertz CT molecular complexity index is 405. The van der Waals surface area contributed by atoms with Crippen LogP contribution in [0.15, 0.2) is 16.6 Å². The zero-order chi connectivity index (χ0) is 12.8. The first-order valence-electron chi connectivity index (χ1n) is 4.71. The van der Waals surface area contributed by atoms with Gasteiger partial charge in [0.05, 0.1) is 19.8 Å². The van der Waals surface area contributed by atoms with E-state index in [9.17, 15) is 4.79 Å². The Morgan fingerprint density at radius 2 is 1.88 bits per heavy atom. The molecule has 0 spiro atoms. The highest BCUT2D eigenvalue weighted by Gasteiger charge is 2.15. The van der Waals surface area contributed by atoms with Crippen molar-refractivity contribution >= 4 is 21.9 Å². The molecule has 0 radical (unpaired) electrons. The maximum atomic E-state index is 11.4. The second-order valence-electron chi connectivity index (χ2n) is 3.03. The Kier molecular flexibility index (Phi) is 5.24. The van der Waals surface area contributed by atoms with E-state index in [1.807, 2.05) is 0 Å². The van der Waals surface area contributed by atoms with E-state index in [2.05, 4.69) is 20.7 Å². The largest absolute Gasteiger partial charge is 0.495 e. The Morgan fingerprint density at radius 3 is 2.41 bits per heavy atom. The van der Waals surface area contributed by atoms with E-state index in [1.54, 1.807) is 12.1 Å². The number of rotatable bonds is 5. The zero-order valence-electron chi connectivity index (χ0n) is 9.78. The van der Waals surface area contributed by atoms with Gasteiger partial charge in [-0.25, -0.2) is 4.79 Å². The van der Waals surface area contributed by atoms with Crippen LogP contribution in [-0.2, 0) is 9.47 Å². The molecule has 1 aromatic carbocycles. The summed E-state index contributed by atoms with van der Waals surface area (Å²) >= 11 is 3.32. The molecule has 17 heavy (non-hydrogen) atoms. The molecule has 0 amide bonds. The molecule has 0 N–H and O–H groups in total. The van der Waals surface area contributed by atoms with E-state index in [-0.39, 0.29) is 6.79 Å². The average molecular weight is 305 g/mol. The van der Waals surface area contributed by atoms with Crippen LogP contribution in [-0.4, -0.2) is 34.1 Å². The maximum absolute atomic E-state index is 11.4. The van der Waals surface area contributed by atoms with Gasteiger partial charge >= 0.3 is 5.97 Å². The molecule has 0 atom stereocenters. The van der Waals surface area contributed by atoms with E-state index in [4.69, 9.17) is 14.2 Å². The lowest BCUT2D eigenvalue weighted by atomic mass is 10.2. The summed E-state index contributed by atoms with van der Waals surface area (Å²) in [6.07, 6.45) is 0. The predicted molar refractivity (Wildman–Crippen MR) is 64.5 cm³/mol. The number of methoxy groups -OCH3 is 3. The quantitative estimate of drug-likeness (QED) is 0.617. The second-order valence-corrected chi connectivity index (χ2v) is 3.83. The third-order valence-corrected chi connectivity index (χ3v) is 2.76. The van der Waals surface area contributed by atoms with Crippen molar-refractivity contribution in [3.8, 4) is 11.5 Å². The molecule has 0 fully saturated rings. The van der Waals surface area contributed by atoms with Crippen molar-refractivity contribution in [3.63, 3.8) is 0 Å². The van der Waals surface area contributed by atoms with Gasteiger partial charge in [-0.3, -0.25) is 0 Å². The molecule has 0 aromatic heterocycles. The fourth-order valence-electron chi connectivity index (χ4n) is 1.18. The van der Waals surface area contributed by atoms with E-state index in [1.165, 1.54) is 21.3 Å². The highest BCUT2D eigenvalue weighted by Crippen LogP contribution is 2.36. The summed E-state index contributed by atoms with van der Waals surface area (Å²) in [6.45, 7) is 0.0758. The first-order valence-corrected chi connectivity index (χ1v) is 5.51. The van der Waals surface area contributed by atoms with E-state index in [0.29, 0.717) is 21.5 Å². The van der Waals surface area contributed by atoms with Crippen molar-refractivity contribution in [2.45, 2.75) is 0 Å². The van der Waals surface area contributed by atoms with Crippen molar-refractivity contribution in [2.24, 2.45) is 0 Å². The lowest BCUT2D eigenvalue weighted by Gasteiger charge is -2.12. The lowest BCUT2D eigenvalue weighted by Crippen LogP contribution is -2.05. The van der Waals surface area contributed by atoms with Gasteiger partial charge in [0.2, 0.25) is 0 Å². The van der Waals surface area contributed by atoms with Crippen molar-refractivity contribution in [1.82, 2.24) is 0 Å². The monoisotopic (exact) mass is 304 g/mol. The molecule has 0 heterocycles. The van der Waals surface area contributed by atoms with Gasteiger partial charge in [-0.05, 0) is 28.1 Å². The minimum atomic E-state index is -0.460. The molecule has 94 valence electrons. The molecular formula is C11H13BrO5. The summed E-state index contributed by atoms with van der Waals surface area (Å²) in [4.78, 5) is 11.4. The minimum Gasteiger partial charge on any atom is -0.495 e. The maximum Gasteiger partial charge on any atom is 0.338 e. The zero-order valence-corrected chi connectivity index (χ0v) is 11.4. The summed E-state index contributed by atoms with van der Waals surface area (Å²) in [5, 5.41) is 0. The fraction of sp³-hybridized carbons (Fsp3) is 0.364. The van der Waals surface area contributed by atoms with Crippen LogP contribution in [0.3, 0.4) is 0 Å². The standard InChI is InChI=1S/C11H13BrO5/c1-14-6-17-9-5-7(11(13)16-3)4-8(15-2)10(9)12/h4-5H,6H2,1-3H3. The Morgan fingerprint density at radius 1 is 1.24 bits per heavy atom. The van der Waals surface area contributed by atoms with Crippen LogP contribution in [0.4, 0.5) is 0 Å². The van der Waals surface area contributed by atoms with Crippen molar-refractivity contribution in [1.29, 1.82) is 0 Å². The van der Waals surface area contributed by atoms with Crippen LogP contribution in [0.2, 0.25) is 0 Å². The third-order valence-electron chi connectivity index (χ3n) is 1.98. The molecular weight excluding hydrogens is 292 g/mol. The van der Waals surface area contributed by atoms with Crippen LogP contribution in [0.5, 0.6) is 11.5 Å². The molecule has 0 aliphatic heterocycles. The van der Waals surface area contributed by atoms with Gasteiger partial charge in [0.15, 0.2) is 6.79 Å². The molecule has 5 nitrogen and oxygen atoms in total. The summed E-state index contributed by atoms with van der Waals surface area (Å²) in [5.41, 5.74) is 0.346. The fourth-order valence-corrected chi connectivity index (χ4v) is 1.69. The average Bonchev–Trinajstić information content (AvgIpc) is 2.36. The van der Waals surface area contributed by atoms with Crippen LogP contribution < -0.4 is 9.47 Å². The van der Waals surface area contributed by atoms with Crippen molar-refractivity contribution < 1.29 is 23.7 Å². The third kappa shape index (κ3) is 3.34. The first kappa shape index (κ1) is 13.8. The van der Waals surface area contributed by atoms with E-state index in [0.717, 1.165) is 0 Å². The number of esters is 1. The smallest absolute Gasteiger partial charge is 0.338 e. The van der Waals surface area contributed by atoms with Crippen LogP contribution >= 0.6 is 15.9 Å². The van der Waals surface area contributed by atoms with Gasteiger partial charge in [0, 0.05) is 7.11 Å². The van der Waals surface area contributed by atoms with E-state index < -0.39 is 5.97 Å². The molecule has 6 heteroatoms. The Balaban J connectivity index is 3.13. The number of hydrogen-bond donors (Lipinski definition) is 0. The topological polar surface area (TPSA) is 54.0 Å². The molecule has 0 saturated heterocycles. The van der Waals surface area contributed by atoms with Crippen LogP contribution in [0.1, 0.15) is 10.4 Å². The SMILES string of the molecule is COCOc1cc(C(=O)OC)cc(OC)c1Br. The van der Waals surface area contributed by atoms with Gasteiger partial charge < -0.3 is 18.9 Å². The van der Waals surface area contributed by atoms with Crippen LogP contribution in [0, 0.1) is 0 Å². The molecule has 1 aromatic rings. The summed E-state index contributed by atoms with van der Waals surface area (Å²) in [6, 6.07) is 3.12. The highest BCUT2D eigenvalue weighted by atomic mass is 79.9. The second kappa shape index (κ2) is 6.46. The molecule has 0 aliphatic carbocycles. The molecule has 0 bridgehead atoms. The summed E-state index contributed by atoms with van der Waals surface area (Å²) < 4.78 is 20.5. The first-order chi connectivity index (χ1) is 8.13. The van der Waals surface area contributed by atoms with Gasteiger partial charge in [-0.15, -0.1) is 0 Å². The minimum absolute atomic E-state index is 0.0758. The number of ether oxygens (including phenoxy) is 4. The molecule has 1 rings (SSSR count). The van der Waals surface area contributed by atoms with Gasteiger partial charge in [0.25, 0.3) is 0 Å². The van der Waals surface area contributed by atoms with Gasteiger partial charge in [-0.2, -0.15) is 0 Å². The number of benzene rings is 1. The summed E-state index contributed by atoms with van der Waals surface area (Å²) in [7, 11) is 4.32. The molecule has 0 unspecified atom stereocenters. The van der Waals surface area contributed by atoms with Crippen molar-refractivity contribution in [3.05, 3.63) is 22.2 Å².